The molecule has 0 spiro atoms. The zero-order chi connectivity index (χ0) is 15.2. The fourth-order valence-electron chi connectivity index (χ4n) is 1.75. The fourth-order valence-corrected chi connectivity index (χ4v) is 2.56. The van der Waals surface area contributed by atoms with E-state index in [4.69, 9.17) is 15.4 Å². The summed E-state index contributed by atoms with van der Waals surface area (Å²) in [5.41, 5.74) is 8.09. The Labute approximate surface area is 126 Å². The minimum absolute atomic E-state index is 0.0997. The number of nitriles is 1. The van der Waals surface area contributed by atoms with Gasteiger partial charge in [-0.1, -0.05) is 6.07 Å². The van der Waals surface area contributed by atoms with Crippen molar-refractivity contribution in [2.24, 2.45) is 4.99 Å². The summed E-state index contributed by atoms with van der Waals surface area (Å²) in [5.74, 6) is 1.25. The smallest absolute Gasteiger partial charge is 0.292 e. The number of rotatable bonds is 4. The van der Waals surface area contributed by atoms with Crippen LogP contribution in [0.25, 0.3) is 11.1 Å². The Kier molecular flexibility index (Phi) is 4.90. The fraction of sp³-hybridized carbons (Fsp3) is 0.308. The van der Waals surface area contributed by atoms with E-state index in [0.29, 0.717) is 11.5 Å². The molecule has 1 aromatic carbocycles. The largest absolute Gasteiger partial charge is 0.424 e. The van der Waals surface area contributed by atoms with Crippen molar-refractivity contribution in [3.8, 4) is 6.19 Å². The van der Waals surface area contributed by atoms with E-state index in [1.807, 2.05) is 31.3 Å². The number of nitrogens with one attached hydrogen (secondary N) is 2. The second-order valence-electron chi connectivity index (χ2n) is 4.26. The van der Waals surface area contributed by atoms with Crippen LogP contribution in [0.15, 0.2) is 27.6 Å². The average molecular weight is 304 g/mol. The molecule has 0 amide bonds. The first-order chi connectivity index (χ1) is 10.1. The lowest BCUT2D eigenvalue weighted by Crippen LogP contribution is -2.38. The highest BCUT2D eigenvalue weighted by Crippen LogP contribution is 2.22. The van der Waals surface area contributed by atoms with Crippen LogP contribution in [0, 0.1) is 11.5 Å². The van der Waals surface area contributed by atoms with Gasteiger partial charge in [0.25, 0.3) is 6.01 Å². The lowest BCUT2D eigenvalue weighted by Gasteiger charge is -2.14. The first-order valence-corrected chi connectivity index (χ1v) is 7.32. The van der Waals surface area contributed by atoms with Crippen LogP contribution in [0.1, 0.15) is 12.5 Å². The van der Waals surface area contributed by atoms with Gasteiger partial charge in [-0.3, -0.25) is 10.3 Å². The highest BCUT2D eigenvalue weighted by Gasteiger charge is 2.07. The van der Waals surface area contributed by atoms with Crippen molar-refractivity contribution in [1.29, 1.82) is 5.26 Å². The molecule has 0 saturated carbocycles. The number of nitrogens with two attached hydrogens (primary N) is 1. The third-order valence-corrected chi connectivity index (χ3v) is 3.82. The predicted octanol–water partition coefficient (Wildman–Crippen LogP) is 1.64. The van der Waals surface area contributed by atoms with E-state index in [1.54, 1.807) is 18.8 Å². The van der Waals surface area contributed by atoms with E-state index in [9.17, 15) is 0 Å². The van der Waals surface area contributed by atoms with Crippen LogP contribution >= 0.6 is 11.8 Å². The van der Waals surface area contributed by atoms with Gasteiger partial charge in [-0.15, -0.1) is 11.8 Å². The summed E-state index contributed by atoms with van der Waals surface area (Å²) in [6, 6.07) is 5.98. The lowest BCUT2D eigenvalue weighted by molar-refractivity contribution is 0.626. The maximum Gasteiger partial charge on any atom is 0.292 e. The topological polar surface area (TPSA) is 112 Å². The molecule has 21 heavy (non-hydrogen) atoms. The lowest BCUT2D eigenvalue weighted by atomic mass is 10.2. The van der Waals surface area contributed by atoms with Crippen LogP contribution in [0.5, 0.6) is 0 Å². The van der Waals surface area contributed by atoms with Gasteiger partial charge in [0.1, 0.15) is 5.52 Å². The zero-order valence-electron chi connectivity index (χ0n) is 11.8. The number of aliphatic imine (C=N–C) groups is 1. The molecule has 0 bridgehead atoms. The number of thioether (sulfide) groups is 1. The van der Waals surface area contributed by atoms with Crippen LogP contribution in [0.2, 0.25) is 0 Å². The van der Waals surface area contributed by atoms with Gasteiger partial charge >= 0.3 is 0 Å². The third kappa shape index (κ3) is 4.03. The molecule has 110 valence electrons. The van der Waals surface area contributed by atoms with Gasteiger partial charge in [-0.05, 0) is 24.6 Å². The summed E-state index contributed by atoms with van der Waals surface area (Å²) in [6.07, 6.45) is 1.84. The molecule has 1 unspecified atom stereocenters. The highest BCUT2D eigenvalue weighted by molar-refractivity contribution is 7.99. The second-order valence-corrected chi connectivity index (χ2v) is 5.59. The molecule has 0 fully saturated rings. The van der Waals surface area contributed by atoms with Gasteiger partial charge in [0, 0.05) is 12.8 Å². The van der Waals surface area contributed by atoms with E-state index in [1.165, 1.54) is 0 Å². The average Bonchev–Trinajstić information content (AvgIpc) is 2.83. The Morgan fingerprint density at radius 2 is 2.43 bits per heavy atom. The van der Waals surface area contributed by atoms with E-state index < -0.39 is 0 Å². The first kappa shape index (κ1) is 15.0. The number of benzene rings is 1. The van der Waals surface area contributed by atoms with Crippen molar-refractivity contribution in [1.82, 2.24) is 15.6 Å². The van der Waals surface area contributed by atoms with Crippen LogP contribution in [-0.2, 0) is 5.75 Å². The number of hydrogen-bond acceptors (Lipinski definition) is 6. The number of guanidine groups is 1. The minimum atomic E-state index is 0.0997. The summed E-state index contributed by atoms with van der Waals surface area (Å²) < 4.78 is 5.24. The number of nitrogen functional groups attached to an aromatic ring is 1. The predicted molar refractivity (Wildman–Crippen MR) is 84.4 cm³/mol. The Hall–Kier alpha value is -2.40. The number of nitrogens with zero attached hydrogens (tertiary/aromatic N) is 3. The molecule has 0 aliphatic rings. The SMILES string of the molecule is CN=C(NC#N)NC(C)SCc1ccc2oc(N)nc2c1. The van der Waals surface area contributed by atoms with E-state index in [-0.39, 0.29) is 11.4 Å². The van der Waals surface area contributed by atoms with Gasteiger partial charge in [0.15, 0.2) is 11.8 Å². The minimum Gasteiger partial charge on any atom is -0.424 e. The van der Waals surface area contributed by atoms with Crippen molar-refractivity contribution in [3.05, 3.63) is 23.8 Å². The Bertz CT molecular complexity index is 690. The quantitative estimate of drug-likeness (QED) is 0.259. The van der Waals surface area contributed by atoms with Crippen LogP contribution in [-0.4, -0.2) is 23.4 Å². The van der Waals surface area contributed by atoms with E-state index >= 15 is 0 Å². The molecule has 1 atom stereocenters. The van der Waals surface area contributed by atoms with Crippen molar-refractivity contribution in [2.45, 2.75) is 18.1 Å². The second kappa shape index (κ2) is 6.85. The van der Waals surface area contributed by atoms with Crippen molar-refractivity contribution in [3.63, 3.8) is 0 Å². The van der Waals surface area contributed by atoms with Crippen LogP contribution in [0.4, 0.5) is 6.01 Å². The standard InChI is InChI=1S/C13H16N6OS/c1-8(18-13(16-2)17-7-14)21-6-9-3-4-11-10(5-9)19-12(15)20-11/h3-5,8H,6H2,1-2H3,(H2,15,19)(H2,16,17,18). The summed E-state index contributed by atoms with van der Waals surface area (Å²) in [6.45, 7) is 2.00. The number of anilines is 1. The van der Waals surface area contributed by atoms with E-state index in [0.717, 1.165) is 16.8 Å². The Morgan fingerprint density at radius 3 is 3.14 bits per heavy atom. The van der Waals surface area contributed by atoms with Crippen molar-refractivity contribution in [2.75, 3.05) is 12.8 Å². The van der Waals surface area contributed by atoms with Gasteiger partial charge in [0.05, 0.1) is 5.37 Å². The molecular formula is C13H16N6OS. The molecule has 0 aliphatic carbocycles. The molecule has 8 heteroatoms. The summed E-state index contributed by atoms with van der Waals surface area (Å²) >= 11 is 1.68. The maximum atomic E-state index is 8.58. The Morgan fingerprint density at radius 1 is 1.62 bits per heavy atom. The Balaban J connectivity index is 1.93. The monoisotopic (exact) mass is 304 g/mol. The molecule has 1 aromatic heterocycles. The molecule has 7 nitrogen and oxygen atoms in total. The molecule has 1 heterocycles. The van der Waals surface area contributed by atoms with Gasteiger partial charge < -0.3 is 15.5 Å². The number of aromatic nitrogens is 1. The molecular weight excluding hydrogens is 288 g/mol. The van der Waals surface area contributed by atoms with E-state index in [2.05, 4.69) is 20.6 Å². The highest BCUT2D eigenvalue weighted by atomic mass is 32.2. The van der Waals surface area contributed by atoms with Gasteiger partial charge in [-0.25, -0.2) is 0 Å². The summed E-state index contributed by atoms with van der Waals surface area (Å²) in [7, 11) is 1.62. The van der Waals surface area contributed by atoms with Gasteiger partial charge in [0.2, 0.25) is 5.96 Å². The molecule has 4 N–H and O–H groups in total. The third-order valence-electron chi connectivity index (χ3n) is 2.71. The number of hydrogen-bond donors (Lipinski definition) is 3. The summed E-state index contributed by atoms with van der Waals surface area (Å²) in [4.78, 5) is 8.05. The molecule has 0 aliphatic heterocycles. The normalized spacial score (nSPS) is 12.9. The molecule has 0 radical (unpaired) electrons. The number of fused-ring (bicyclic) bond motifs is 1. The molecule has 2 aromatic rings. The van der Waals surface area contributed by atoms with Gasteiger partial charge in [-0.2, -0.15) is 10.2 Å². The first-order valence-electron chi connectivity index (χ1n) is 6.27. The number of oxazole rings is 1. The zero-order valence-corrected chi connectivity index (χ0v) is 12.6. The van der Waals surface area contributed by atoms with Crippen LogP contribution < -0.4 is 16.4 Å². The molecule has 0 saturated heterocycles. The van der Waals surface area contributed by atoms with Crippen molar-refractivity contribution < 1.29 is 4.42 Å². The maximum absolute atomic E-state index is 8.58. The van der Waals surface area contributed by atoms with Crippen LogP contribution in [0.3, 0.4) is 0 Å². The van der Waals surface area contributed by atoms with Crippen molar-refractivity contribution >= 4 is 34.8 Å². The summed E-state index contributed by atoms with van der Waals surface area (Å²) in [5, 5.41) is 14.3. The molecule has 2 rings (SSSR count).